The molecule has 37 heavy (non-hydrogen) atoms. The molecular formula is C26H29N3O6S2. The number of ether oxygens (including phenoxy) is 1. The Hall–Kier alpha value is -3.41. The first-order valence-electron chi connectivity index (χ1n) is 11.9. The van der Waals surface area contributed by atoms with Crippen molar-refractivity contribution >= 4 is 31.6 Å². The number of carbonyl (C=O) groups excluding carboxylic acids is 1. The highest BCUT2D eigenvalue weighted by Gasteiger charge is 2.27. The summed E-state index contributed by atoms with van der Waals surface area (Å²) in [7, 11) is -7.27. The van der Waals surface area contributed by atoms with Crippen LogP contribution in [0.4, 0.5) is 5.69 Å². The number of hydrogen-bond acceptors (Lipinski definition) is 6. The van der Waals surface area contributed by atoms with E-state index in [9.17, 15) is 21.6 Å². The number of carbonyl (C=O) groups is 1. The number of hydrogen-bond donors (Lipinski definition) is 2. The molecule has 0 unspecified atom stereocenters. The molecule has 1 saturated heterocycles. The predicted octanol–water partition coefficient (Wildman–Crippen LogP) is 3.39. The molecule has 196 valence electrons. The molecule has 1 amide bonds. The zero-order valence-electron chi connectivity index (χ0n) is 20.4. The van der Waals surface area contributed by atoms with E-state index < -0.39 is 20.0 Å². The number of nitrogens with zero attached hydrogens (tertiary/aromatic N) is 1. The van der Waals surface area contributed by atoms with Crippen LogP contribution in [0.15, 0.2) is 82.6 Å². The lowest BCUT2D eigenvalue weighted by Gasteiger charge is -2.16. The smallest absolute Gasteiger partial charge is 0.261 e. The average molecular weight is 544 g/mol. The molecule has 0 bridgehead atoms. The fourth-order valence-electron chi connectivity index (χ4n) is 4.01. The molecule has 1 heterocycles. The largest absolute Gasteiger partial charge is 0.492 e. The van der Waals surface area contributed by atoms with Crippen molar-refractivity contribution in [3.8, 4) is 5.75 Å². The maximum absolute atomic E-state index is 12.7. The summed E-state index contributed by atoms with van der Waals surface area (Å²) in [4.78, 5) is 13.1. The van der Waals surface area contributed by atoms with Gasteiger partial charge in [-0.25, -0.2) is 16.8 Å². The molecular weight excluding hydrogens is 514 g/mol. The standard InChI is InChI=1S/C26H29N3O6S2/c1-20-24(10-7-11-25(20)28-36(31,32)22-8-3-2-4-9-22)26(30)27-16-19-35-21-12-14-23(15-13-21)37(33,34)29-17-5-6-18-29/h2-4,7-15,28H,5-6,16-19H2,1H3,(H,27,30). The van der Waals surface area contributed by atoms with Crippen LogP contribution in [0.2, 0.25) is 0 Å². The Morgan fingerprint density at radius 2 is 1.54 bits per heavy atom. The van der Waals surface area contributed by atoms with E-state index in [1.165, 1.54) is 28.6 Å². The normalized spacial score (nSPS) is 14.3. The minimum Gasteiger partial charge on any atom is -0.492 e. The number of anilines is 1. The van der Waals surface area contributed by atoms with Gasteiger partial charge in [-0.2, -0.15) is 4.31 Å². The van der Waals surface area contributed by atoms with Crippen LogP contribution in [0.3, 0.4) is 0 Å². The zero-order valence-corrected chi connectivity index (χ0v) is 22.0. The van der Waals surface area contributed by atoms with Crippen LogP contribution in [0.5, 0.6) is 5.75 Å². The van der Waals surface area contributed by atoms with E-state index in [0.717, 1.165) is 12.8 Å². The summed E-state index contributed by atoms with van der Waals surface area (Å²) >= 11 is 0. The van der Waals surface area contributed by atoms with Gasteiger partial charge in [0.05, 0.1) is 22.0 Å². The second kappa shape index (κ2) is 11.3. The summed E-state index contributed by atoms with van der Waals surface area (Å²) < 4.78 is 60.2. The molecule has 1 fully saturated rings. The highest BCUT2D eigenvalue weighted by Crippen LogP contribution is 2.24. The number of amides is 1. The lowest BCUT2D eigenvalue weighted by molar-refractivity contribution is 0.0946. The van der Waals surface area contributed by atoms with Gasteiger partial charge in [0.15, 0.2) is 0 Å². The van der Waals surface area contributed by atoms with Crippen molar-refractivity contribution < 1.29 is 26.4 Å². The number of sulfonamides is 2. The molecule has 1 aliphatic rings. The molecule has 3 aromatic rings. The van der Waals surface area contributed by atoms with Gasteiger partial charge in [-0.1, -0.05) is 24.3 Å². The lowest BCUT2D eigenvalue weighted by Crippen LogP contribution is -2.29. The molecule has 0 aromatic heterocycles. The van der Waals surface area contributed by atoms with E-state index in [2.05, 4.69) is 10.0 Å². The van der Waals surface area contributed by atoms with Crippen LogP contribution in [0.1, 0.15) is 28.8 Å². The SMILES string of the molecule is Cc1c(NS(=O)(=O)c2ccccc2)cccc1C(=O)NCCOc1ccc(S(=O)(=O)N2CCCC2)cc1. The third kappa shape index (κ3) is 6.30. The first-order valence-corrected chi connectivity index (χ1v) is 14.8. The van der Waals surface area contributed by atoms with Crippen LogP contribution >= 0.6 is 0 Å². The van der Waals surface area contributed by atoms with Crippen molar-refractivity contribution in [3.63, 3.8) is 0 Å². The van der Waals surface area contributed by atoms with Crippen LogP contribution in [-0.2, 0) is 20.0 Å². The molecule has 0 aliphatic carbocycles. The van der Waals surface area contributed by atoms with Gasteiger partial charge in [-0.05, 0) is 73.9 Å². The second-order valence-corrected chi connectivity index (χ2v) is 12.2. The summed E-state index contributed by atoms with van der Waals surface area (Å²) in [6.07, 6.45) is 1.75. The summed E-state index contributed by atoms with van der Waals surface area (Å²) in [5, 5.41) is 2.76. The maximum atomic E-state index is 12.7. The number of rotatable bonds is 10. The molecule has 9 nitrogen and oxygen atoms in total. The average Bonchev–Trinajstić information content (AvgIpc) is 3.45. The Morgan fingerprint density at radius 3 is 2.22 bits per heavy atom. The summed E-state index contributed by atoms with van der Waals surface area (Å²) in [6, 6.07) is 19.1. The first kappa shape index (κ1) is 26.6. The second-order valence-electron chi connectivity index (χ2n) is 8.58. The van der Waals surface area contributed by atoms with Gasteiger partial charge in [-0.3, -0.25) is 9.52 Å². The Morgan fingerprint density at radius 1 is 0.865 bits per heavy atom. The van der Waals surface area contributed by atoms with Gasteiger partial charge in [-0.15, -0.1) is 0 Å². The summed E-state index contributed by atoms with van der Waals surface area (Å²) in [5.41, 5.74) is 1.15. The third-order valence-corrected chi connectivity index (χ3v) is 9.35. The highest BCUT2D eigenvalue weighted by atomic mass is 32.2. The Labute approximate surface area is 217 Å². The minimum atomic E-state index is -3.79. The Kier molecular flexibility index (Phi) is 8.16. The molecule has 4 rings (SSSR count). The van der Waals surface area contributed by atoms with Crippen molar-refractivity contribution in [2.75, 3.05) is 31.0 Å². The van der Waals surface area contributed by atoms with E-state index in [0.29, 0.717) is 35.7 Å². The van der Waals surface area contributed by atoms with Gasteiger partial charge in [0.1, 0.15) is 12.4 Å². The lowest BCUT2D eigenvalue weighted by atomic mass is 10.1. The van der Waals surface area contributed by atoms with E-state index >= 15 is 0 Å². The van der Waals surface area contributed by atoms with Crippen molar-refractivity contribution in [2.45, 2.75) is 29.6 Å². The van der Waals surface area contributed by atoms with Crippen molar-refractivity contribution in [3.05, 3.63) is 83.9 Å². The summed E-state index contributed by atoms with van der Waals surface area (Å²) in [6.45, 7) is 3.13. The molecule has 0 radical (unpaired) electrons. The maximum Gasteiger partial charge on any atom is 0.261 e. The number of nitrogens with one attached hydrogen (secondary N) is 2. The molecule has 0 saturated carbocycles. The van der Waals surface area contributed by atoms with Crippen LogP contribution < -0.4 is 14.8 Å². The number of benzene rings is 3. The van der Waals surface area contributed by atoms with Crippen molar-refractivity contribution in [1.82, 2.24) is 9.62 Å². The van der Waals surface area contributed by atoms with E-state index in [-0.39, 0.29) is 28.8 Å². The van der Waals surface area contributed by atoms with Gasteiger partial charge < -0.3 is 10.1 Å². The molecule has 3 aromatic carbocycles. The quantitative estimate of drug-likeness (QED) is 0.378. The van der Waals surface area contributed by atoms with Crippen LogP contribution in [0, 0.1) is 6.92 Å². The first-order chi connectivity index (χ1) is 17.7. The highest BCUT2D eigenvalue weighted by molar-refractivity contribution is 7.92. The van der Waals surface area contributed by atoms with Gasteiger partial charge >= 0.3 is 0 Å². The van der Waals surface area contributed by atoms with Gasteiger partial charge in [0.2, 0.25) is 10.0 Å². The van der Waals surface area contributed by atoms with E-state index in [1.807, 2.05) is 0 Å². The fraction of sp³-hybridized carbons (Fsp3) is 0.269. The van der Waals surface area contributed by atoms with E-state index in [4.69, 9.17) is 4.74 Å². The topological polar surface area (TPSA) is 122 Å². The monoisotopic (exact) mass is 543 g/mol. The Bertz CT molecular complexity index is 1450. The van der Waals surface area contributed by atoms with Crippen molar-refractivity contribution in [1.29, 1.82) is 0 Å². The van der Waals surface area contributed by atoms with E-state index in [1.54, 1.807) is 55.5 Å². The molecule has 0 atom stereocenters. The minimum absolute atomic E-state index is 0.128. The summed E-state index contributed by atoms with van der Waals surface area (Å²) in [5.74, 6) is 0.122. The fourth-order valence-corrected chi connectivity index (χ4v) is 6.67. The molecule has 0 spiro atoms. The Balaban J connectivity index is 1.31. The molecule has 1 aliphatic heterocycles. The van der Waals surface area contributed by atoms with Gasteiger partial charge in [0, 0.05) is 18.7 Å². The van der Waals surface area contributed by atoms with Gasteiger partial charge in [0.25, 0.3) is 15.9 Å². The zero-order chi connectivity index (χ0) is 26.5. The molecule has 11 heteroatoms. The van der Waals surface area contributed by atoms with Crippen molar-refractivity contribution in [2.24, 2.45) is 0 Å². The van der Waals surface area contributed by atoms with Crippen LogP contribution in [-0.4, -0.2) is 53.3 Å². The third-order valence-electron chi connectivity index (χ3n) is 6.06. The molecule has 2 N–H and O–H groups in total. The van der Waals surface area contributed by atoms with Crippen LogP contribution in [0.25, 0.3) is 0 Å². The predicted molar refractivity (Wildman–Crippen MR) is 141 cm³/mol.